The minimum atomic E-state index is -0.330. The number of rotatable bonds is 5. The SMILES string of the molecule is Cc1cc(NC(=O)Nc2cc(-c3ccc4cc(N)ncc4c3)n(C)n2)ccc1CN1CCN(C)CC1. The van der Waals surface area contributed by atoms with E-state index in [0.29, 0.717) is 11.6 Å². The molecule has 36 heavy (non-hydrogen) atoms. The summed E-state index contributed by atoms with van der Waals surface area (Å²) < 4.78 is 1.75. The summed E-state index contributed by atoms with van der Waals surface area (Å²) in [6, 6.07) is 15.5. The van der Waals surface area contributed by atoms with Crippen LogP contribution in [-0.4, -0.2) is 63.8 Å². The topological polar surface area (TPSA) is 104 Å². The molecule has 0 spiro atoms. The molecule has 4 aromatic rings. The third-order valence-corrected chi connectivity index (χ3v) is 6.75. The van der Waals surface area contributed by atoms with Crippen LogP contribution in [0.2, 0.25) is 0 Å². The number of carbonyl (C=O) groups is 1. The van der Waals surface area contributed by atoms with E-state index < -0.39 is 0 Å². The Hall–Kier alpha value is -3.95. The number of nitrogens with one attached hydrogen (secondary N) is 2. The van der Waals surface area contributed by atoms with Crippen molar-refractivity contribution in [3.05, 3.63) is 65.9 Å². The maximum atomic E-state index is 12.7. The normalized spacial score (nSPS) is 14.8. The lowest BCUT2D eigenvalue weighted by Gasteiger charge is -2.32. The maximum Gasteiger partial charge on any atom is 0.324 e. The predicted molar refractivity (Wildman–Crippen MR) is 145 cm³/mol. The summed E-state index contributed by atoms with van der Waals surface area (Å²) >= 11 is 0. The first-order chi connectivity index (χ1) is 17.3. The van der Waals surface area contributed by atoms with Gasteiger partial charge in [0.05, 0.1) is 5.69 Å². The number of urea groups is 1. The van der Waals surface area contributed by atoms with Crippen LogP contribution in [0.4, 0.5) is 22.1 Å². The number of benzene rings is 2. The minimum Gasteiger partial charge on any atom is -0.384 e. The number of carbonyl (C=O) groups excluding carboxylic acids is 1. The molecule has 3 heterocycles. The maximum absolute atomic E-state index is 12.7. The second-order valence-corrected chi connectivity index (χ2v) is 9.51. The van der Waals surface area contributed by atoms with Gasteiger partial charge in [0, 0.05) is 68.7 Å². The number of piperazine rings is 1. The van der Waals surface area contributed by atoms with Gasteiger partial charge in [0.25, 0.3) is 0 Å². The van der Waals surface area contributed by atoms with Gasteiger partial charge in [-0.2, -0.15) is 5.10 Å². The van der Waals surface area contributed by atoms with E-state index in [9.17, 15) is 4.79 Å². The van der Waals surface area contributed by atoms with Crippen molar-refractivity contribution in [2.24, 2.45) is 7.05 Å². The van der Waals surface area contributed by atoms with Crippen LogP contribution in [0, 0.1) is 6.92 Å². The molecule has 0 unspecified atom stereocenters. The highest BCUT2D eigenvalue weighted by atomic mass is 16.2. The van der Waals surface area contributed by atoms with Crippen LogP contribution in [0.15, 0.2) is 54.7 Å². The zero-order valence-corrected chi connectivity index (χ0v) is 21.0. The molecule has 0 saturated carbocycles. The average Bonchev–Trinajstić information content (AvgIpc) is 3.21. The molecule has 0 atom stereocenters. The Morgan fingerprint density at radius 3 is 2.56 bits per heavy atom. The quantitative estimate of drug-likeness (QED) is 0.397. The molecule has 0 bridgehead atoms. The molecule has 0 radical (unpaired) electrons. The van der Waals surface area contributed by atoms with Crippen LogP contribution in [0.3, 0.4) is 0 Å². The van der Waals surface area contributed by atoms with Gasteiger partial charge in [-0.05, 0) is 54.8 Å². The molecule has 5 rings (SSSR count). The Kier molecular flexibility index (Phi) is 6.58. The van der Waals surface area contributed by atoms with Crippen LogP contribution >= 0.6 is 0 Å². The van der Waals surface area contributed by atoms with Crippen molar-refractivity contribution in [3.63, 3.8) is 0 Å². The Bertz CT molecular complexity index is 1400. The minimum absolute atomic E-state index is 0.330. The summed E-state index contributed by atoms with van der Waals surface area (Å²) in [5.41, 5.74) is 10.8. The number of nitrogens with zero attached hydrogens (tertiary/aromatic N) is 5. The molecule has 1 saturated heterocycles. The van der Waals surface area contributed by atoms with Crippen molar-refractivity contribution in [1.82, 2.24) is 24.6 Å². The zero-order chi connectivity index (χ0) is 25.2. The first-order valence-corrected chi connectivity index (χ1v) is 12.1. The van der Waals surface area contributed by atoms with E-state index in [4.69, 9.17) is 5.73 Å². The van der Waals surface area contributed by atoms with E-state index in [-0.39, 0.29) is 6.03 Å². The summed E-state index contributed by atoms with van der Waals surface area (Å²) in [5, 5.41) is 12.2. The van der Waals surface area contributed by atoms with Crippen LogP contribution < -0.4 is 16.4 Å². The van der Waals surface area contributed by atoms with Gasteiger partial charge in [0.15, 0.2) is 5.82 Å². The van der Waals surface area contributed by atoms with Gasteiger partial charge < -0.3 is 16.0 Å². The van der Waals surface area contributed by atoms with Gasteiger partial charge in [0.1, 0.15) is 5.82 Å². The molecule has 2 amide bonds. The number of pyridine rings is 1. The van der Waals surface area contributed by atoms with Gasteiger partial charge in [-0.25, -0.2) is 9.78 Å². The number of nitrogen functional groups attached to an aromatic ring is 1. The molecule has 0 aliphatic carbocycles. The summed E-state index contributed by atoms with van der Waals surface area (Å²) in [6.07, 6.45) is 1.76. The number of anilines is 3. The van der Waals surface area contributed by atoms with E-state index in [1.807, 2.05) is 49.5 Å². The molecule has 186 valence electrons. The molecule has 9 nitrogen and oxygen atoms in total. The Labute approximate surface area is 210 Å². The van der Waals surface area contributed by atoms with Gasteiger partial charge >= 0.3 is 6.03 Å². The lowest BCUT2D eigenvalue weighted by Crippen LogP contribution is -2.43. The molecule has 2 aromatic heterocycles. The third kappa shape index (κ3) is 5.32. The van der Waals surface area contributed by atoms with Gasteiger partial charge in [-0.3, -0.25) is 14.9 Å². The first-order valence-electron chi connectivity index (χ1n) is 12.1. The molecule has 2 aromatic carbocycles. The van der Waals surface area contributed by atoms with Crippen molar-refractivity contribution in [2.75, 3.05) is 49.6 Å². The lowest BCUT2D eigenvalue weighted by molar-refractivity contribution is 0.148. The fraction of sp³-hybridized carbons (Fsp3) is 0.296. The smallest absolute Gasteiger partial charge is 0.324 e. The molecule has 9 heteroatoms. The highest BCUT2D eigenvalue weighted by molar-refractivity contribution is 5.99. The van der Waals surface area contributed by atoms with E-state index in [1.54, 1.807) is 10.9 Å². The summed E-state index contributed by atoms with van der Waals surface area (Å²) in [6.45, 7) is 7.38. The van der Waals surface area contributed by atoms with E-state index in [2.05, 4.69) is 50.6 Å². The van der Waals surface area contributed by atoms with Gasteiger partial charge in [0.2, 0.25) is 0 Å². The fourth-order valence-corrected chi connectivity index (χ4v) is 4.59. The fourth-order valence-electron chi connectivity index (χ4n) is 4.59. The summed E-state index contributed by atoms with van der Waals surface area (Å²) in [5.74, 6) is 0.970. The number of amides is 2. The van der Waals surface area contributed by atoms with Crippen molar-refractivity contribution in [2.45, 2.75) is 13.5 Å². The van der Waals surface area contributed by atoms with Gasteiger partial charge in [-0.1, -0.05) is 18.2 Å². The number of fused-ring (bicyclic) bond motifs is 1. The van der Waals surface area contributed by atoms with Crippen molar-refractivity contribution >= 4 is 34.1 Å². The number of hydrogen-bond acceptors (Lipinski definition) is 6. The van der Waals surface area contributed by atoms with Crippen LogP contribution in [0.1, 0.15) is 11.1 Å². The zero-order valence-electron chi connectivity index (χ0n) is 21.0. The second-order valence-electron chi connectivity index (χ2n) is 9.51. The standard InChI is InChI=1S/C27H32N8O/c1-18-12-23(7-6-21(18)17-35-10-8-33(2)9-11-35)30-27(36)31-26-15-24(34(3)32-26)20-5-4-19-14-25(28)29-16-22(19)13-20/h4-7,12-16H,8-11,17H2,1-3H3,(H2,28,29)(H2,30,31,32,36). The van der Waals surface area contributed by atoms with E-state index in [1.165, 1.54) is 11.1 Å². The molecule has 1 aliphatic heterocycles. The van der Waals surface area contributed by atoms with Crippen LogP contribution in [0.25, 0.3) is 22.0 Å². The lowest BCUT2D eigenvalue weighted by atomic mass is 10.1. The van der Waals surface area contributed by atoms with Crippen molar-refractivity contribution < 1.29 is 4.79 Å². The van der Waals surface area contributed by atoms with Crippen molar-refractivity contribution in [3.8, 4) is 11.3 Å². The predicted octanol–water partition coefficient (Wildman–Crippen LogP) is 3.92. The number of likely N-dealkylation sites (N-methyl/N-ethyl adjacent to an activating group) is 1. The number of nitrogens with two attached hydrogens (primary N) is 1. The molecule has 1 aliphatic rings. The largest absolute Gasteiger partial charge is 0.384 e. The highest BCUT2D eigenvalue weighted by Crippen LogP contribution is 2.27. The number of aromatic nitrogens is 3. The first kappa shape index (κ1) is 23.8. The molecule has 1 fully saturated rings. The Morgan fingerprint density at radius 2 is 1.78 bits per heavy atom. The molecular weight excluding hydrogens is 452 g/mol. The number of hydrogen-bond donors (Lipinski definition) is 3. The Morgan fingerprint density at radius 1 is 0.972 bits per heavy atom. The van der Waals surface area contributed by atoms with E-state index >= 15 is 0 Å². The average molecular weight is 485 g/mol. The highest BCUT2D eigenvalue weighted by Gasteiger charge is 2.15. The van der Waals surface area contributed by atoms with Crippen LogP contribution in [-0.2, 0) is 13.6 Å². The Balaban J connectivity index is 1.23. The third-order valence-electron chi connectivity index (χ3n) is 6.75. The molecule has 4 N–H and O–H groups in total. The molecular formula is C27H32N8O. The summed E-state index contributed by atoms with van der Waals surface area (Å²) in [4.78, 5) is 21.7. The monoisotopic (exact) mass is 484 g/mol. The van der Waals surface area contributed by atoms with Gasteiger partial charge in [-0.15, -0.1) is 0 Å². The van der Waals surface area contributed by atoms with Crippen molar-refractivity contribution in [1.29, 1.82) is 0 Å². The van der Waals surface area contributed by atoms with E-state index in [0.717, 1.165) is 60.4 Å². The number of aryl methyl sites for hydroxylation is 2. The van der Waals surface area contributed by atoms with Crippen LogP contribution in [0.5, 0.6) is 0 Å². The summed E-state index contributed by atoms with van der Waals surface area (Å²) in [7, 11) is 4.02. The second kappa shape index (κ2) is 9.96.